The molecule has 1 fully saturated rings. The minimum atomic E-state index is -0.106. The molecular formula is C17H19N5O3S. The highest BCUT2D eigenvalue weighted by atomic mass is 32.2. The van der Waals surface area contributed by atoms with Crippen LogP contribution in [0.4, 0.5) is 5.82 Å². The van der Waals surface area contributed by atoms with Gasteiger partial charge in [0.25, 0.3) is 0 Å². The van der Waals surface area contributed by atoms with Crippen LogP contribution in [0, 0.1) is 6.92 Å². The lowest BCUT2D eigenvalue weighted by Crippen LogP contribution is -2.12. The number of carbonyl (C=O) groups excluding carboxylic acids is 1. The van der Waals surface area contributed by atoms with Gasteiger partial charge in [-0.25, -0.2) is 0 Å². The molecule has 0 saturated heterocycles. The van der Waals surface area contributed by atoms with E-state index in [0.717, 1.165) is 29.6 Å². The number of nitrogens with one attached hydrogen (secondary N) is 1. The number of hydrogen-bond acceptors (Lipinski definition) is 7. The van der Waals surface area contributed by atoms with Gasteiger partial charge in [0.15, 0.2) is 11.0 Å². The molecule has 0 aromatic carbocycles. The molecule has 0 radical (unpaired) electrons. The molecule has 4 rings (SSSR count). The van der Waals surface area contributed by atoms with Gasteiger partial charge in [0.05, 0.1) is 12.8 Å². The highest BCUT2D eigenvalue weighted by molar-refractivity contribution is 7.99. The topological polar surface area (TPSA) is 99.0 Å². The molecule has 8 nitrogen and oxygen atoms in total. The molecule has 1 aliphatic rings. The summed E-state index contributed by atoms with van der Waals surface area (Å²) >= 11 is 1.52. The molecular weight excluding hydrogens is 354 g/mol. The summed E-state index contributed by atoms with van der Waals surface area (Å²) in [7, 11) is 0. The van der Waals surface area contributed by atoms with E-state index in [9.17, 15) is 4.79 Å². The minimum absolute atomic E-state index is 0.106. The molecule has 1 saturated carbocycles. The minimum Gasteiger partial charge on any atom is -0.467 e. The highest BCUT2D eigenvalue weighted by Crippen LogP contribution is 2.40. The lowest BCUT2D eigenvalue weighted by Gasteiger charge is -2.08. The Morgan fingerprint density at radius 2 is 2.31 bits per heavy atom. The first-order chi connectivity index (χ1) is 12.7. The van der Waals surface area contributed by atoms with E-state index in [1.165, 1.54) is 11.8 Å². The fourth-order valence-corrected chi connectivity index (χ4v) is 3.51. The van der Waals surface area contributed by atoms with Gasteiger partial charge in [-0.1, -0.05) is 16.9 Å². The molecule has 1 aliphatic carbocycles. The van der Waals surface area contributed by atoms with Crippen LogP contribution in [-0.2, 0) is 11.3 Å². The number of anilines is 1. The quantitative estimate of drug-likeness (QED) is 0.605. The van der Waals surface area contributed by atoms with Crippen LogP contribution in [0.1, 0.15) is 42.5 Å². The zero-order chi connectivity index (χ0) is 17.9. The van der Waals surface area contributed by atoms with E-state index in [4.69, 9.17) is 8.94 Å². The fraction of sp³-hybridized carbons (Fsp3) is 0.412. The van der Waals surface area contributed by atoms with Crippen LogP contribution in [-0.4, -0.2) is 31.6 Å². The Hall–Kier alpha value is -2.55. The number of aryl methyl sites for hydroxylation is 1. The molecule has 0 unspecified atom stereocenters. The number of amides is 1. The lowest BCUT2D eigenvalue weighted by atomic mass is 10.3. The molecule has 0 spiro atoms. The van der Waals surface area contributed by atoms with E-state index in [2.05, 4.69) is 25.2 Å². The monoisotopic (exact) mass is 373 g/mol. The summed E-state index contributed by atoms with van der Waals surface area (Å²) in [6.07, 6.45) is 4.32. The normalized spacial score (nSPS) is 13.9. The van der Waals surface area contributed by atoms with E-state index in [-0.39, 0.29) is 5.91 Å². The van der Waals surface area contributed by atoms with Crippen molar-refractivity contribution in [2.75, 3.05) is 11.1 Å². The van der Waals surface area contributed by atoms with E-state index in [1.807, 2.05) is 12.1 Å². The van der Waals surface area contributed by atoms with Crippen LogP contribution in [0.15, 0.2) is 38.6 Å². The smallest absolute Gasteiger partial charge is 0.226 e. The average molecular weight is 373 g/mol. The molecule has 0 aliphatic heterocycles. The van der Waals surface area contributed by atoms with Crippen LogP contribution >= 0.6 is 11.8 Å². The van der Waals surface area contributed by atoms with Crippen LogP contribution in [0.5, 0.6) is 0 Å². The van der Waals surface area contributed by atoms with E-state index in [1.54, 1.807) is 19.3 Å². The van der Waals surface area contributed by atoms with Crippen molar-refractivity contribution in [2.24, 2.45) is 0 Å². The Balaban J connectivity index is 1.36. The second kappa shape index (κ2) is 7.36. The van der Waals surface area contributed by atoms with Crippen molar-refractivity contribution in [3.8, 4) is 0 Å². The Morgan fingerprint density at radius 1 is 1.42 bits per heavy atom. The van der Waals surface area contributed by atoms with Crippen molar-refractivity contribution in [3.63, 3.8) is 0 Å². The lowest BCUT2D eigenvalue weighted by molar-refractivity contribution is -0.115. The number of carbonyl (C=O) groups is 1. The highest BCUT2D eigenvalue weighted by Gasteiger charge is 2.30. The molecule has 9 heteroatoms. The van der Waals surface area contributed by atoms with Gasteiger partial charge in [0, 0.05) is 24.2 Å². The number of furan rings is 1. The number of hydrogen-bond donors (Lipinski definition) is 1. The molecule has 3 heterocycles. The maximum absolute atomic E-state index is 12.0. The Bertz CT molecular complexity index is 882. The Morgan fingerprint density at radius 3 is 3.00 bits per heavy atom. The number of aromatic nitrogens is 4. The zero-order valence-corrected chi connectivity index (χ0v) is 15.2. The van der Waals surface area contributed by atoms with Crippen LogP contribution in [0.2, 0.25) is 0 Å². The summed E-state index contributed by atoms with van der Waals surface area (Å²) in [6, 6.07) is 5.50. The molecule has 3 aromatic heterocycles. The summed E-state index contributed by atoms with van der Waals surface area (Å²) in [5.74, 6) is 3.96. The Kier molecular flexibility index (Phi) is 4.79. The first-order valence-corrected chi connectivity index (χ1v) is 9.49. The maximum Gasteiger partial charge on any atom is 0.226 e. The molecule has 136 valence electrons. The van der Waals surface area contributed by atoms with Gasteiger partial charge in [0.2, 0.25) is 5.91 Å². The predicted molar refractivity (Wildman–Crippen MR) is 95.0 cm³/mol. The van der Waals surface area contributed by atoms with Crippen molar-refractivity contribution in [1.29, 1.82) is 0 Å². The van der Waals surface area contributed by atoms with Gasteiger partial charge in [-0.05, 0) is 31.9 Å². The predicted octanol–water partition coefficient (Wildman–Crippen LogP) is 3.21. The number of rotatable bonds is 8. The zero-order valence-electron chi connectivity index (χ0n) is 14.3. The van der Waals surface area contributed by atoms with Gasteiger partial charge in [-0.15, -0.1) is 10.2 Å². The van der Waals surface area contributed by atoms with Crippen LogP contribution < -0.4 is 5.32 Å². The second-order valence-electron chi connectivity index (χ2n) is 6.25. The summed E-state index contributed by atoms with van der Waals surface area (Å²) in [4.78, 5) is 12.0. The number of thioether (sulfide) groups is 1. The first kappa shape index (κ1) is 16.9. The SMILES string of the molecule is Cc1cc(NC(=O)CCSc2nnc(C3CC3)n2Cc2ccco2)no1. The third kappa shape index (κ3) is 3.98. The average Bonchev–Trinajstić information content (AvgIpc) is 3.00. The third-order valence-corrected chi connectivity index (χ3v) is 5.01. The molecule has 1 amide bonds. The van der Waals surface area contributed by atoms with E-state index < -0.39 is 0 Å². The largest absolute Gasteiger partial charge is 0.467 e. The van der Waals surface area contributed by atoms with Crippen LogP contribution in [0.3, 0.4) is 0 Å². The van der Waals surface area contributed by atoms with Gasteiger partial charge in [0.1, 0.15) is 17.3 Å². The van der Waals surface area contributed by atoms with E-state index >= 15 is 0 Å². The van der Waals surface area contributed by atoms with Crippen molar-refractivity contribution in [1.82, 2.24) is 19.9 Å². The van der Waals surface area contributed by atoms with E-state index in [0.29, 0.717) is 36.2 Å². The molecule has 0 atom stereocenters. The molecule has 1 N–H and O–H groups in total. The standard InChI is InChI=1S/C17H19N5O3S/c1-11-9-14(21-25-11)18-15(23)6-8-26-17-20-19-16(12-4-5-12)22(17)10-13-3-2-7-24-13/h2-3,7,9,12H,4-6,8,10H2,1H3,(H,18,21,23). The van der Waals surface area contributed by atoms with Crippen LogP contribution in [0.25, 0.3) is 0 Å². The number of nitrogens with zero attached hydrogens (tertiary/aromatic N) is 4. The Labute approximate surface area is 154 Å². The molecule has 26 heavy (non-hydrogen) atoms. The summed E-state index contributed by atoms with van der Waals surface area (Å²) in [5, 5.41) is 16.0. The van der Waals surface area contributed by atoms with Crippen molar-refractivity contribution in [3.05, 3.63) is 41.8 Å². The van der Waals surface area contributed by atoms with Gasteiger partial charge in [-0.3, -0.25) is 9.36 Å². The van der Waals surface area contributed by atoms with Gasteiger partial charge in [-0.2, -0.15) is 0 Å². The maximum atomic E-state index is 12.0. The fourth-order valence-electron chi connectivity index (χ4n) is 2.62. The van der Waals surface area contributed by atoms with Crippen molar-refractivity contribution >= 4 is 23.5 Å². The van der Waals surface area contributed by atoms with Crippen molar-refractivity contribution in [2.45, 2.75) is 43.8 Å². The molecule has 0 bridgehead atoms. The van der Waals surface area contributed by atoms with Crippen molar-refractivity contribution < 1.29 is 13.7 Å². The summed E-state index contributed by atoms with van der Waals surface area (Å²) in [5.41, 5.74) is 0. The first-order valence-electron chi connectivity index (χ1n) is 8.50. The summed E-state index contributed by atoms with van der Waals surface area (Å²) < 4.78 is 12.5. The molecule has 3 aromatic rings. The third-order valence-electron chi connectivity index (χ3n) is 4.04. The summed E-state index contributed by atoms with van der Waals surface area (Å²) in [6.45, 7) is 2.39. The van der Waals surface area contributed by atoms with Gasteiger partial charge >= 0.3 is 0 Å². The second-order valence-corrected chi connectivity index (χ2v) is 7.31. The van der Waals surface area contributed by atoms with Gasteiger partial charge < -0.3 is 14.3 Å².